The number of halogens is 2. The van der Waals surface area contributed by atoms with Crippen molar-refractivity contribution in [2.24, 2.45) is 0 Å². The van der Waals surface area contributed by atoms with E-state index in [0.717, 1.165) is 20.6 Å². The predicted molar refractivity (Wildman–Crippen MR) is 131 cm³/mol. The molecular weight excluding hydrogens is 513 g/mol. The third-order valence-electron chi connectivity index (χ3n) is 4.97. The smallest absolute Gasteiger partial charge is 0.244 e. The Hall–Kier alpha value is -2.46. The first-order valence-corrected chi connectivity index (χ1v) is 13.0. The van der Waals surface area contributed by atoms with Crippen LogP contribution in [0.4, 0.5) is 10.1 Å². The summed E-state index contributed by atoms with van der Waals surface area (Å²) in [5.74, 6) is -1.35. The van der Waals surface area contributed by atoms with Gasteiger partial charge in [-0.05, 0) is 69.2 Å². The molecule has 0 fully saturated rings. The van der Waals surface area contributed by atoms with E-state index in [1.54, 1.807) is 39.0 Å². The second-order valence-corrected chi connectivity index (χ2v) is 11.0. The molecule has 1 N–H and O–H groups in total. The Morgan fingerprint density at radius 3 is 2.21 bits per heavy atom. The fourth-order valence-corrected chi connectivity index (χ4v) is 4.26. The number of carbonyl (C=O) groups excluding carboxylic acids is 2. The van der Waals surface area contributed by atoms with Gasteiger partial charge in [-0.15, -0.1) is 0 Å². The predicted octanol–water partition coefficient (Wildman–Crippen LogP) is 3.60. The first-order chi connectivity index (χ1) is 15.3. The average Bonchev–Trinajstić information content (AvgIpc) is 2.71. The van der Waals surface area contributed by atoms with Gasteiger partial charge in [0.05, 0.1) is 11.9 Å². The molecule has 2 amide bonds. The van der Waals surface area contributed by atoms with E-state index < -0.39 is 34.3 Å². The van der Waals surface area contributed by atoms with Crippen LogP contribution >= 0.6 is 15.9 Å². The third-order valence-corrected chi connectivity index (χ3v) is 7.00. The average molecular weight is 542 g/mol. The lowest BCUT2D eigenvalue weighted by Crippen LogP contribution is -2.52. The van der Waals surface area contributed by atoms with Crippen LogP contribution in [0.15, 0.2) is 46.9 Å². The van der Waals surface area contributed by atoms with E-state index in [1.807, 2.05) is 6.92 Å². The van der Waals surface area contributed by atoms with Crippen LogP contribution in [0.25, 0.3) is 0 Å². The quantitative estimate of drug-likeness (QED) is 0.525. The standard InChI is InChI=1S/C23H29BrFN3O4S/c1-15(2)26-23(30)17(4)27(13-18-6-8-19(25)9-7-18)22(29)14-28(33(5,31)32)20-10-11-21(24)16(3)12-20/h6-12,15,17H,13-14H2,1-5H3,(H,26,30)/t17-/m0/s1. The third kappa shape index (κ3) is 7.53. The molecule has 7 nitrogen and oxygen atoms in total. The second kappa shape index (κ2) is 11.1. The SMILES string of the molecule is Cc1cc(N(CC(=O)N(Cc2ccc(F)cc2)[C@@H](C)C(=O)NC(C)C)S(C)(=O)=O)ccc1Br. The zero-order chi connectivity index (χ0) is 24.9. The van der Waals surface area contributed by atoms with E-state index in [-0.39, 0.29) is 18.5 Å². The van der Waals surface area contributed by atoms with E-state index in [4.69, 9.17) is 0 Å². The van der Waals surface area contributed by atoms with Gasteiger partial charge in [-0.1, -0.05) is 28.1 Å². The van der Waals surface area contributed by atoms with Crippen molar-refractivity contribution in [3.63, 3.8) is 0 Å². The summed E-state index contributed by atoms with van der Waals surface area (Å²) in [6, 6.07) is 9.54. The highest BCUT2D eigenvalue weighted by atomic mass is 79.9. The molecule has 0 spiro atoms. The lowest BCUT2D eigenvalue weighted by atomic mass is 10.1. The molecular formula is C23H29BrFN3O4S. The van der Waals surface area contributed by atoms with Crippen molar-refractivity contribution in [1.29, 1.82) is 0 Å². The Morgan fingerprint density at radius 2 is 1.70 bits per heavy atom. The summed E-state index contributed by atoms with van der Waals surface area (Å²) in [6.45, 7) is 6.53. The Balaban J connectivity index is 2.40. The highest BCUT2D eigenvalue weighted by molar-refractivity contribution is 9.10. The summed E-state index contributed by atoms with van der Waals surface area (Å²) in [4.78, 5) is 27.4. The number of hydrogen-bond donors (Lipinski definition) is 1. The summed E-state index contributed by atoms with van der Waals surface area (Å²) in [5, 5.41) is 2.77. The number of anilines is 1. The van der Waals surface area contributed by atoms with Crippen LogP contribution in [0.1, 0.15) is 31.9 Å². The Kier molecular flexibility index (Phi) is 9.02. The van der Waals surface area contributed by atoms with Gasteiger partial charge in [0, 0.05) is 17.1 Å². The second-order valence-electron chi connectivity index (χ2n) is 8.19. The highest BCUT2D eigenvalue weighted by Gasteiger charge is 2.30. The van der Waals surface area contributed by atoms with E-state index in [1.165, 1.54) is 29.2 Å². The largest absolute Gasteiger partial charge is 0.352 e. The molecule has 0 radical (unpaired) electrons. The van der Waals surface area contributed by atoms with Crippen molar-refractivity contribution < 1.29 is 22.4 Å². The van der Waals surface area contributed by atoms with Gasteiger partial charge in [0.25, 0.3) is 0 Å². The molecule has 0 bridgehead atoms. The van der Waals surface area contributed by atoms with Crippen molar-refractivity contribution in [1.82, 2.24) is 10.2 Å². The van der Waals surface area contributed by atoms with E-state index in [0.29, 0.717) is 11.3 Å². The number of nitrogens with one attached hydrogen (secondary N) is 1. The van der Waals surface area contributed by atoms with Crippen molar-refractivity contribution in [3.8, 4) is 0 Å². The van der Waals surface area contributed by atoms with Crippen LogP contribution < -0.4 is 9.62 Å². The van der Waals surface area contributed by atoms with Crippen molar-refractivity contribution in [2.45, 2.75) is 46.3 Å². The molecule has 2 rings (SSSR count). The number of rotatable bonds is 9. The van der Waals surface area contributed by atoms with Crippen LogP contribution in [0.3, 0.4) is 0 Å². The van der Waals surface area contributed by atoms with E-state index in [9.17, 15) is 22.4 Å². The molecule has 2 aromatic rings. The van der Waals surface area contributed by atoms with Gasteiger partial charge in [-0.3, -0.25) is 13.9 Å². The van der Waals surface area contributed by atoms with Crippen molar-refractivity contribution in [2.75, 3.05) is 17.1 Å². The summed E-state index contributed by atoms with van der Waals surface area (Å²) in [6.07, 6.45) is 1.02. The Bertz CT molecular complexity index is 1110. The molecule has 10 heteroatoms. The number of nitrogens with zero attached hydrogens (tertiary/aromatic N) is 2. The Labute approximate surface area is 203 Å². The zero-order valence-corrected chi connectivity index (χ0v) is 21.7. The maximum atomic E-state index is 13.4. The number of hydrogen-bond acceptors (Lipinski definition) is 4. The monoisotopic (exact) mass is 541 g/mol. The summed E-state index contributed by atoms with van der Waals surface area (Å²) < 4.78 is 40.3. The molecule has 0 saturated carbocycles. The molecule has 33 heavy (non-hydrogen) atoms. The number of carbonyl (C=O) groups is 2. The van der Waals surface area contributed by atoms with E-state index in [2.05, 4.69) is 21.2 Å². The lowest BCUT2D eigenvalue weighted by molar-refractivity contribution is -0.139. The topological polar surface area (TPSA) is 86.8 Å². The number of sulfonamides is 1. The first-order valence-electron chi connectivity index (χ1n) is 10.4. The van der Waals surface area contributed by atoms with Crippen molar-refractivity contribution >= 4 is 43.5 Å². The molecule has 0 aliphatic rings. The van der Waals surface area contributed by atoms with Gasteiger partial charge in [-0.2, -0.15) is 0 Å². The van der Waals surface area contributed by atoms with E-state index >= 15 is 0 Å². The number of aryl methyl sites for hydroxylation is 1. The number of amides is 2. The van der Waals surface area contributed by atoms with Gasteiger partial charge in [0.1, 0.15) is 18.4 Å². The lowest BCUT2D eigenvalue weighted by Gasteiger charge is -2.32. The molecule has 0 aliphatic heterocycles. The Morgan fingerprint density at radius 1 is 1.09 bits per heavy atom. The minimum absolute atomic E-state index is 0.0166. The van der Waals surface area contributed by atoms with Gasteiger partial charge in [0.2, 0.25) is 21.8 Å². The summed E-state index contributed by atoms with van der Waals surface area (Å²) >= 11 is 3.39. The normalized spacial score (nSPS) is 12.4. The van der Waals surface area contributed by atoms with Crippen LogP contribution in [0.2, 0.25) is 0 Å². The van der Waals surface area contributed by atoms with Crippen LogP contribution in [0.5, 0.6) is 0 Å². The minimum atomic E-state index is -3.80. The van der Waals surface area contributed by atoms with Gasteiger partial charge in [0.15, 0.2) is 0 Å². The molecule has 0 aromatic heterocycles. The van der Waals surface area contributed by atoms with Gasteiger partial charge < -0.3 is 10.2 Å². The van der Waals surface area contributed by atoms with Gasteiger partial charge in [-0.25, -0.2) is 12.8 Å². The van der Waals surface area contributed by atoms with Crippen molar-refractivity contribution in [3.05, 3.63) is 63.9 Å². The molecule has 0 heterocycles. The molecule has 180 valence electrons. The maximum Gasteiger partial charge on any atom is 0.244 e. The minimum Gasteiger partial charge on any atom is -0.352 e. The fraction of sp³-hybridized carbons (Fsp3) is 0.391. The zero-order valence-electron chi connectivity index (χ0n) is 19.3. The summed E-state index contributed by atoms with van der Waals surface area (Å²) in [5.41, 5.74) is 1.76. The van der Waals surface area contributed by atoms with Crippen LogP contribution in [0, 0.1) is 12.7 Å². The maximum absolute atomic E-state index is 13.4. The summed E-state index contributed by atoms with van der Waals surface area (Å²) in [7, 11) is -3.80. The molecule has 1 atom stereocenters. The fourth-order valence-electron chi connectivity index (χ4n) is 3.17. The first kappa shape index (κ1) is 26.8. The molecule has 0 aliphatic carbocycles. The molecule has 0 unspecified atom stereocenters. The van der Waals surface area contributed by atoms with Crippen LogP contribution in [-0.2, 0) is 26.2 Å². The number of benzene rings is 2. The highest BCUT2D eigenvalue weighted by Crippen LogP contribution is 2.25. The molecule has 0 saturated heterocycles. The van der Waals surface area contributed by atoms with Gasteiger partial charge >= 0.3 is 0 Å². The van der Waals surface area contributed by atoms with Crippen LogP contribution in [-0.4, -0.2) is 50.0 Å². The molecule has 2 aromatic carbocycles.